The molecule has 0 radical (unpaired) electrons. The number of likely N-dealkylation sites (tertiary alicyclic amines) is 1. The molecule has 0 bridgehead atoms. The maximum absolute atomic E-state index is 13.3. The number of nitrogens with zero attached hydrogens (tertiary/aromatic N) is 4. The van der Waals surface area contributed by atoms with Crippen LogP contribution in [0.3, 0.4) is 0 Å². The van der Waals surface area contributed by atoms with Gasteiger partial charge in [-0.3, -0.25) is 14.3 Å². The lowest BCUT2D eigenvalue weighted by molar-refractivity contribution is -0.200. The molecule has 3 atom stereocenters. The van der Waals surface area contributed by atoms with Gasteiger partial charge in [-0.25, -0.2) is 0 Å². The van der Waals surface area contributed by atoms with Crippen LogP contribution in [0, 0.1) is 0 Å². The first-order chi connectivity index (χ1) is 30.6. The van der Waals surface area contributed by atoms with Crippen LogP contribution in [0.25, 0.3) is 0 Å². The zero-order valence-electron chi connectivity index (χ0n) is 29.7. The van der Waals surface area contributed by atoms with Crippen LogP contribution in [0.15, 0.2) is 12.3 Å². The molecule has 0 N–H and O–H groups in total. The molecule has 2 aromatic heterocycles. The number of Topliss-reactive ketones (excluding diaryl/α,β-unsaturated/α-hetero) is 1. The van der Waals surface area contributed by atoms with Crippen molar-refractivity contribution in [3.63, 3.8) is 0 Å². The molecule has 46 heteroatoms. The number of ketones is 1. The smallest absolute Gasteiger partial charge is 0.361 e. The van der Waals surface area contributed by atoms with Crippen LogP contribution in [0.2, 0.25) is 0 Å². The van der Waals surface area contributed by atoms with E-state index in [4.69, 9.17) is 27.1 Å². The number of amides is 1. The van der Waals surface area contributed by atoms with E-state index >= 15 is 0 Å². The standard InChI is InChI=1S/C18H16F6N4O3S.S32/c1-8-4-16(14-9(12(29)7-31-16)3-13(32-14)17(19,20)21)5-11(10-6-27(2)26-25-10)28(8)15(30)18(22,23)24;1-3-5-7-9-11-13-15-17-19-21-23-25-27-29-31-32-30-28-26-24-22-20-18-16-14-12-10-8-6-4-2/h3,6,8,11H,4-5,7H2,1-2H3;/t8-,11-,16-;/m0./s1. The summed E-state index contributed by atoms with van der Waals surface area (Å²) in [7, 11) is 54.2. The highest BCUT2D eigenvalue weighted by Crippen LogP contribution is 2.53. The van der Waals surface area contributed by atoms with Gasteiger partial charge in [0, 0.05) is 325 Å². The number of aromatic nitrogens is 3. The van der Waals surface area contributed by atoms with E-state index in [0.29, 0.717) is 16.2 Å². The minimum absolute atomic E-state index is 0.000855. The van der Waals surface area contributed by atoms with Crippen molar-refractivity contribution < 1.29 is 40.7 Å². The summed E-state index contributed by atoms with van der Waals surface area (Å²) in [6.07, 6.45) is -9.07. The molecule has 366 valence electrons. The van der Waals surface area contributed by atoms with Gasteiger partial charge in [-0.05, 0) is 13.0 Å². The molecular weight excluding hydrogens is 1490 g/mol. The van der Waals surface area contributed by atoms with E-state index in [9.17, 15) is 35.9 Å². The molecule has 0 aliphatic carbocycles. The number of ether oxygens (including phenoxy) is 1. The van der Waals surface area contributed by atoms with E-state index in [1.165, 1.54) is 42.6 Å². The second-order valence-electron chi connectivity index (χ2n) is 9.90. The Balaban J connectivity index is 0.000000340. The number of hydrogen-bond acceptors (Lipinski definition) is 8. The zero-order chi connectivity index (χ0) is 46.9. The summed E-state index contributed by atoms with van der Waals surface area (Å²) >= 11 is 9.91. The third-order valence-electron chi connectivity index (χ3n) is 6.41. The second kappa shape index (κ2) is 35.7. The van der Waals surface area contributed by atoms with Gasteiger partial charge in [-0.1, -0.05) is 5.21 Å². The fourth-order valence-electron chi connectivity index (χ4n) is 4.67. The van der Waals surface area contributed by atoms with Crippen molar-refractivity contribution in [2.45, 2.75) is 49.8 Å². The van der Waals surface area contributed by atoms with Crippen molar-refractivity contribution in [2.75, 3.05) is 6.61 Å². The highest BCUT2D eigenvalue weighted by atomic mass is 33.5. The highest BCUT2D eigenvalue weighted by Gasteiger charge is 2.56. The number of alkyl halides is 6. The Labute approximate surface area is 460 Å². The lowest BCUT2D eigenvalue weighted by atomic mass is 9.77. The van der Waals surface area contributed by atoms with Crippen LogP contribution in [0.4, 0.5) is 26.3 Å². The third kappa shape index (κ3) is 24.3. The molecule has 1 spiro atoms. The summed E-state index contributed by atoms with van der Waals surface area (Å²) in [4.78, 5) is 24.1. The number of thiophene rings is 1. The Morgan fingerprint density at radius 2 is 1.09 bits per heavy atom. The van der Waals surface area contributed by atoms with E-state index in [-0.39, 0.29) is 29.0 Å². The lowest BCUT2D eigenvalue weighted by Gasteiger charge is -2.50. The minimum Gasteiger partial charge on any atom is -0.361 e. The van der Waals surface area contributed by atoms with Crippen LogP contribution in [0.5, 0.6) is 0 Å². The van der Waals surface area contributed by atoms with Crippen LogP contribution < -0.4 is 0 Å². The van der Waals surface area contributed by atoms with Crippen molar-refractivity contribution in [2.24, 2.45) is 7.05 Å². The fourth-order valence-corrected chi connectivity index (χ4v) is 82.7. The van der Waals surface area contributed by atoms with Gasteiger partial charge >= 0.3 is 18.3 Å². The average molecular weight is 1510 g/mol. The molecule has 2 aliphatic rings. The number of halogens is 6. The normalized spacial score (nSPS) is 17.1. The first kappa shape index (κ1) is 62.9. The van der Waals surface area contributed by atoms with Gasteiger partial charge in [-0.15, -0.1) is 16.4 Å². The topological polar surface area (TPSA) is 77.3 Å². The molecule has 2 aromatic rings. The highest BCUT2D eigenvalue weighted by molar-refractivity contribution is 8.80. The van der Waals surface area contributed by atoms with Crippen LogP contribution >= 0.6 is 11.3 Å². The lowest BCUT2D eigenvalue weighted by Crippen LogP contribution is -2.56. The molecule has 4 rings (SSSR count). The first-order valence-corrected chi connectivity index (χ1v) is 56.7. The molecule has 1 fully saturated rings. The largest absolute Gasteiger partial charge is 0.471 e. The van der Waals surface area contributed by atoms with E-state index < -0.39 is 53.2 Å². The summed E-state index contributed by atoms with van der Waals surface area (Å²) < 4.78 is 87.0. The van der Waals surface area contributed by atoms with Gasteiger partial charge in [-0.2, -0.15) is 26.3 Å². The summed E-state index contributed by atoms with van der Waals surface area (Å²) in [5.74, 6) is -2.74. The van der Waals surface area contributed by atoms with Gasteiger partial charge in [0.1, 0.15) is 22.8 Å². The predicted molar refractivity (Wildman–Crippen MR) is 332 cm³/mol. The molecular formula is C18H16F6N4O3S33. The Bertz CT molecular complexity index is 3370. The number of aryl methyl sites for hydroxylation is 1. The molecule has 0 saturated carbocycles. The molecule has 0 unspecified atom stereocenters. The van der Waals surface area contributed by atoms with Gasteiger partial charge < -0.3 is 9.64 Å². The van der Waals surface area contributed by atoms with E-state index in [1.54, 1.807) is 107 Å². The summed E-state index contributed by atoms with van der Waals surface area (Å²) in [5, 5.41) is 7.54. The Morgan fingerprint density at radius 1 is 0.703 bits per heavy atom. The van der Waals surface area contributed by atoms with Crippen molar-refractivity contribution in [1.29, 1.82) is 0 Å². The predicted octanol–water partition coefficient (Wildman–Crippen LogP) is 3.54. The monoisotopic (exact) mass is 1510 g/mol. The van der Waals surface area contributed by atoms with E-state index in [1.807, 2.05) is 142 Å². The first-order valence-electron chi connectivity index (χ1n) is 14.5. The van der Waals surface area contributed by atoms with Gasteiger partial charge in [0.2, 0.25) is 0 Å². The molecule has 0 aromatic carbocycles. The Hall–Kier alpha value is 4.56. The van der Waals surface area contributed by atoms with Crippen molar-refractivity contribution >= 4 is 312 Å². The molecule has 1 saturated heterocycles. The van der Waals surface area contributed by atoms with E-state index in [0.717, 1.165) is 6.07 Å². The number of rotatable bonds is 1. The van der Waals surface area contributed by atoms with Crippen LogP contribution in [-0.4, -0.2) is 50.4 Å². The molecule has 64 heavy (non-hydrogen) atoms. The Kier molecular flexibility index (Phi) is 35.1. The van der Waals surface area contributed by atoms with Crippen LogP contribution in [0.1, 0.15) is 51.6 Å². The summed E-state index contributed by atoms with van der Waals surface area (Å²) in [6, 6.07) is -1.61. The number of hydrogen-bond donors (Lipinski definition) is 0. The number of fused-ring (bicyclic) bond motifs is 2. The summed E-state index contributed by atoms with van der Waals surface area (Å²) in [5.41, 5.74) is -1.61. The fraction of sp³-hybridized carbons (Fsp3) is 0.556. The van der Waals surface area contributed by atoms with E-state index in [2.05, 4.69) is 10.3 Å². The maximum Gasteiger partial charge on any atom is 0.471 e. The second-order valence-corrected chi connectivity index (χ2v) is 64.0. The van der Waals surface area contributed by atoms with Crippen LogP contribution in [-0.2, 0) is 317 Å². The van der Waals surface area contributed by atoms with Crippen molar-refractivity contribution in [3.8, 4) is 0 Å². The third-order valence-corrected chi connectivity index (χ3v) is 72.2. The molecule has 7 nitrogen and oxygen atoms in total. The van der Waals surface area contributed by atoms with Crippen molar-refractivity contribution in [1.82, 2.24) is 19.9 Å². The average Bonchev–Trinajstić information content (AvgIpc) is 3.92. The molecule has 1 amide bonds. The number of carbonyl (C=O) groups is 2. The Morgan fingerprint density at radius 3 is 1.42 bits per heavy atom. The number of piperidine rings is 1. The molecule has 4 heterocycles. The maximum atomic E-state index is 13.3. The SMILES string of the molecule is C[C@H]1C[C@@]2(C[C@@H](c3cn(C)nn3)N1C(=O)C(F)(F)F)OCC(=O)c1cc(C(F)(F)F)sc12.S=S=S=S=S=S=S=S=S=S=S=S=S=S=S=S=S=S=S=S=S=S=S=S=S=S=S=S=S=S=S=S. The van der Waals surface area contributed by atoms with Crippen molar-refractivity contribution in [3.05, 3.63) is 33.3 Å². The zero-order valence-corrected chi connectivity index (χ0v) is 56.6. The van der Waals surface area contributed by atoms with Gasteiger partial charge in [0.05, 0.1) is 12.2 Å². The quantitative estimate of drug-likeness (QED) is 0.405. The van der Waals surface area contributed by atoms with Gasteiger partial charge in [0.15, 0.2) is 5.78 Å². The van der Waals surface area contributed by atoms with Gasteiger partial charge in [0.25, 0.3) is 0 Å². The number of carbonyl (C=O) groups excluding carboxylic acids is 2. The minimum atomic E-state index is -5.17. The molecule has 2 aliphatic heterocycles. The summed E-state index contributed by atoms with van der Waals surface area (Å²) in [6.45, 7) is 0.833.